The number of anilines is 1. The number of halogens is 1. The molecule has 1 rings (SSSR count). The van der Waals surface area contributed by atoms with Crippen molar-refractivity contribution in [1.82, 2.24) is 9.97 Å². The van der Waals surface area contributed by atoms with Crippen LogP contribution < -0.4 is 5.32 Å². The summed E-state index contributed by atoms with van der Waals surface area (Å²) in [5.41, 5.74) is 1.05. The average molecular weight is 330 g/mol. The van der Waals surface area contributed by atoms with Crippen molar-refractivity contribution >= 4 is 21.7 Å². The Bertz CT molecular complexity index is 397. The minimum atomic E-state index is 0.477. The molecule has 0 radical (unpaired) electrons. The average Bonchev–Trinajstić information content (AvgIpc) is 2.35. The van der Waals surface area contributed by atoms with Gasteiger partial charge in [-0.3, -0.25) is 0 Å². The van der Waals surface area contributed by atoms with Gasteiger partial charge in [-0.05, 0) is 41.6 Å². The molecule has 5 heteroatoms. The van der Waals surface area contributed by atoms with Gasteiger partial charge in [0.05, 0.1) is 10.2 Å². The van der Waals surface area contributed by atoms with Gasteiger partial charge in [-0.15, -0.1) is 0 Å². The maximum absolute atomic E-state index is 5.53. The molecule has 19 heavy (non-hydrogen) atoms. The molecule has 0 unspecified atom stereocenters. The third-order valence-electron chi connectivity index (χ3n) is 2.49. The molecule has 0 spiro atoms. The first kappa shape index (κ1) is 16.4. The highest BCUT2D eigenvalue weighted by Crippen LogP contribution is 2.25. The van der Waals surface area contributed by atoms with E-state index in [2.05, 4.69) is 58.9 Å². The van der Waals surface area contributed by atoms with Crippen molar-refractivity contribution in [2.75, 3.05) is 18.5 Å². The van der Waals surface area contributed by atoms with Crippen LogP contribution in [0.3, 0.4) is 0 Å². The highest BCUT2D eigenvalue weighted by Gasteiger charge is 2.13. The van der Waals surface area contributed by atoms with Crippen molar-refractivity contribution in [3.8, 4) is 0 Å². The zero-order valence-electron chi connectivity index (χ0n) is 12.3. The lowest BCUT2D eigenvalue weighted by atomic mass is 10.1. The molecule has 0 aliphatic heterocycles. The topological polar surface area (TPSA) is 47.0 Å². The van der Waals surface area contributed by atoms with E-state index in [-0.39, 0.29) is 0 Å². The fraction of sp³-hybridized carbons (Fsp3) is 0.714. The summed E-state index contributed by atoms with van der Waals surface area (Å²) in [5, 5.41) is 3.27. The summed E-state index contributed by atoms with van der Waals surface area (Å²) < 4.78 is 6.51. The quantitative estimate of drug-likeness (QED) is 0.737. The predicted molar refractivity (Wildman–Crippen MR) is 82.4 cm³/mol. The molecule has 0 bridgehead atoms. The predicted octanol–water partition coefficient (Wildman–Crippen LogP) is 3.80. The van der Waals surface area contributed by atoms with Gasteiger partial charge < -0.3 is 10.1 Å². The lowest BCUT2D eigenvalue weighted by Gasteiger charge is -2.13. The van der Waals surface area contributed by atoms with Crippen LogP contribution in [-0.4, -0.2) is 23.1 Å². The first-order valence-electron chi connectivity index (χ1n) is 6.95. The van der Waals surface area contributed by atoms with Crippen molar-refractivity contribution in [3.63, 3.8) is 0 Å². The summed E-state index contributed by atoms with van der Waals surface area (Å²) in [6, 6.07) is 0. The van der Waals surface area contributed by atoms with E-state index in [1.165, 1.54) is 0 Å². The molecule has 4 nitrogen and oxygen atoms in total. The molecule has 0 aromatic carbocycles. The molecular formula is C14H24BrN3O. The Balaban J connectivity index is 2.93. The van der Waals surface area contributed by atoms with Gasteiger partial charge in [0.15, 0.2) is 5.82 Å². The lowest BCUT2D eigenvalue weighted by molar-refractivity contribution is 0.116. The summed E-state index contributed by atoms with van der Waals surface area (Å²) in [4.78, 5) is 9.11. The number of hydrogen-bond acceptors (Lipinski definition) is 4. The highest BCUT2D eigenvalue weighted by atomic mass is 79.9. The van der Waals surface area contributed by atoms with Gasteiger partial charge in [0.1, 0.15) is 12.4 Å². The molecule has 0 saturated heterocycles. The number of nitrogens with zero attached hydrogens (tertiary/aromatic N) is 2. The third-order valence-corrected chi connectivity index (χ3v) is 3.32. The first-order valence-corrected chi connectivity index (χ1v) is 7.74. The van der Waals surface area contributed by atoms with Crippen molar-refractivity contribution in [2.24, 2.45) is 5.92 Å². The normalized spacial score (nSPS) is 11.1. The van der Waals surface area contributed by atoms with Crippen LogP contribution in [-0.2, 0) is 17.8 Å². The molecule has 1 aromatic heterocycles. The van der Waals surface area contributed by atoms with Crippen LogP contribution >= 0.6 is 15.9 Å². The third kappa shape index (κ3) is 5.45. The van der Waals surface area contributed by atoms with Gasteiger partial charge in [0.25, 0.3) is 0 Å². The van der Waals surface area contributed by atoms with Crippen LogP contribution in [0.1, 0.15) is 45.6 Å². The molecule has 1 aromatic rings. The van der Waals surface area contributed by atoms with Gasteiger partial charge >= 0.3 is 0 Å². The molecule has 0 amide bonds. The maximum Gasteiger partial charge on any atom is 0.156 e. The van der Waals surface area contributed by atoms with Crippen molar-refractivity contribution < 1.29 is 4.74 Å². The Morgan fingerprint density at radius 3 is 2.58 bits per heavy atom. The molecule has 0 fully saturated rings. The van der Waals surface area contributed by atoms with Gasteiger partial charge in [0, 0.05) is 13.2 Å². The SMILES string of the molecule is CCCOCc1nc(CC(C)C)c(Br)c(NCC)n1. The largest absolute Gasteiger partial charge is 0.373 e. The highest BCUT2D eigenvalue weighted by molar-refractivity contribution is 9.10. The Hall–Kier alpha value is -0.680. The van der Waals surface area contributed by atoms with E-state index in [4.69, 9.17) is 4.74 Å². The van der Waals surface area contributed by atoms with E-state index in [0.29, 0.717) is 12.5 Å². The second kappa shape index (κ2) is 8.48. The molecular weight excluding hydrogens is 306 g/mol. The van der Waals surface area contributed by atoms with E-state index in [0.717, 1.165) is 47.8 Å². The van der Waals surface area contributed by atoms with Crippen LogP contribution in [0, 0.1) is 5.92 Å². The number of hydrogen-bond donors (Lipinski definition) is 1. The van der Waals surface area contributed by atoms with Crippen molar-refractivity contribution in [1.29, 1.82) is 0 Å². The zero-order valence-corrected chi connectivity index (χ0v) is 13.9. The second-order valence-electron chi connectivity index (χ2n) is 4.93. The Labute approximate surface area is 124 Å². The molecule has 0 aliphatic carbocycles. The molecule has 0 aliphatic rings. The summed E-state index contributed by atoms with van der Waals surface area (Å²) >= 11 is 3.60. The lowest BCUT2D eigenvalue weighted by Crippen LogP contribution is -2.10. The number of rotatable bonds is 8. The van der Waals surface area contributed by atoms with Crippen LogP contribution in [0.5, 0.6) is 0 Å². The van der Waals surface area contributed by atoms with E-state index in [1.807, 2.05) is 0 Å². The summed E-state index contributed by atoms with van der Waals surface area (Å²) in [5.74, 6) is 2.18. The van der Waals surface area contributed by atoms with Crippen LogP contribution in [0.2, 0.25) is 0 Å². The van der Waals surface area contributed by atoms with Crippen LogP contribution in [0.4, 0.5) is 5.82 Å². The van der Waals surface area contributed by atoms with E-state index < -0.39 is 0 Å². The smallest absolute Gasteiger partial charge is 0.156 e. The first-order chi connectivity index (χ1) is 9.08. The van der Waals surface area contributed by atoms with Gasteiger partial charge in [-0.2, -0.15) is 0 Å². The fourth-order valence-electron chi connectivity index (χ4n) is 1.72. The second-order valence-corrected chi connectivity index (χ2v) is 5.72. The van der Waals surface area contributed by atoms with Gasteiger partial charge in [-0.1, -0.05) is 20.8 Å². The molecule has 1 N–H and O–H groups in total. The monoisotopic (exact) mass is 329 g/mol. The summed E-state index contributed by atoms with van der Waals surface area (Å²) in [7, 11) is 0. The standard InChI is InChI=1S/C14H24BrN3O/c1-5-7-19-9-12-17-11(8-10(3)4)13(15)14(18-12)16-6-2/h10H,5-9H2,1-4H3,(H,16,17,18). The van der Waals surface area contributed by atoms with E-state index in [9.17, 15) is 0 Å². The number of ether oxygens (including phenoxy) is 1. The minimum absolute atomic E-state index is 0.477. The Morgan fingerprint density at radius 2 is 2.00 bits per heavy atom. The number of nitrogens with one attached hydrogen (secondary N) is 1. The maximum atomic E-state index is 5.53. The van der Waals surface area contributed by atoms with Crippen LogP contribution in [0.25, 0.3) is 0 Å². The molecule has 0 saturated carbocycles. The van der Waals surface area contributed by atoms with Crippen LogP contribution in [0.15, 0.2) is 4.47 Å². The fourth-order valence-corrected chi connectivity index (χ4v) is 2.20. The number of aromatic nitrogens is 2. The summed E-state index contributed by atoms with van der Waals surface area (Å²) in [6.45, 7) is 10.6. The van der Waals surface area contributed by atoms with Gasteiger partial charge in [0.2, 0.25) is 0 Å². The molecule has 0 atom stereocenters. The van der Waals surface area contributed by atoms with Crippen molar-refractivity contribution in [3.05, 3.63) is 16.0 Å². The zero-order chi connectivity index (χ0) is 14.3. The molecule has 108 valence electrons. The van der Waals surface area contributed by atoms with Gasteiger partial charge in [-0.25, -0.2) is 9.97 Å². The summed E-state index contributed by atoms with van der Waals surface area (Å²) in [6.07, 6.45) is 1.94. The van der Waals surface area contributed by atoms with E-state index in [1.54, 1.807) is 0 Å². The van der Waals surface area contributed by atoms with Crippen molar-refractivity contribution in [2.45, 2.75) is 47.1 Å². The Morgan fingerprint density at radius 1 is 1.26 bits per heavy atom. The minimum Gasteiger partial charge on any atom is -0.373 e. The molecule has 1 heterocycles. The Kier molecular flexibility index (Phi) is 7.31. The van der Waals surface area contributed by atoms with E-state index >= 15 is 0 Å².